The summed E-state index contributed by atoms with van der Waals surface area (Å²) in [5.74, 6) is 0.167. The Hall–Kier alpha value is -1.89. The number of carbonyl (C=O) groups is 1. The standard InChI is InChI=1S/C16H20N4O2.ClH/c17-15-11-19(10-13(15)6-9-21)16(22)12-2-4-14(5-3-12)20-8-1-7-18-20;/h1-5,7-8,13,15,21H,6,9-11,17H2;1H/t13-,15-;/m0./s1. The zero-order valence-electron chi connectivity index (χ0n) is 12.7. The van der Waals surface area contributed by atoms with Crippen molar-refractivity contribution in [2.75, 3.05) is 19.7 Å². The van der Waals surface area contributed by atoms with Gasteiger partial charge in [0, 0.05) is 43.7 Å². The van der Waals surface area contributed by atoms with Crippen molar-refractivity contribution in [3.05, 3.63) is 48.3 Å². The largest absolute Gasteiger partial charge is 0.396 e. The molecular weight excluding hydrogens is 316 g/mol. The van der Waals surface area contributed by atoms with Crippen LogP contribution in [0.25, 0.3) is 5.69 Å². The molecule has 7 heteroatoms. The molecule has 0 radical (unpaired) electrons. The van der Waals surface area contributed by atoms with Gasteiger partial charge in [-0.3, -0.25) is 4.79 Å². The van der Waals surface area contributed by atoms with E-state index in [4.69, 9.17) is 10.8 Å². The van der Waals surface area contributed by atoms with Crippen LogP contribution < -0.4 is 5.73 Å². The third kappa shape index (κ3) is 3.72. The highest BCUT2D eigenvalue weighted by molar-refractivity contribution is 5.94. The lowest BCUT2D eigenvalue weighted by atomic mass is 10.0. The predicted octanol–water partition coefficient (Wildman–Crippen LogP) is 1.08. The van der Waals surface area contributed by atoms with E-state index in [9.17, 15) is 4.79 Å². The van der Waals surface area contributed by atoms with Gasteiger partial charge in [-0.05, 0) is 42.7 Å². The van der Waals surface area contributed by atoms with Crippen LogP contribution in [0.2, 0.25) is 0 Å². The minimum absolute atomic E-state index is 0. The summed E-state index contributed by atoms with van der Waals surface area (Å²) in [7, 11) is 0. The summed E-state index contributed by atoms with van der Waals surface area (Å²) >= 11 is 0. The molecule has 0 spiro atoms. The lowest BCUT2D eigenvalue weighted by molar-refractivity contribution is 0.0784. The summed E-state index contributed by atoms with van der Waals surface area (Å²) in [6, 6.07) is 9.17. The van der Waals surface area contributed by atoms with Gasteiger partial charge in [-0.15, -0.1) is 12.4 Å². The number of aromatic nitrogens is 2. The first-order valence-electron chi connectivity index (χ1n) is 7.45. The van der Waals surface area contributed by atoms with E-state index in [0.29, 0.717) is 25.1 Å². The molecule has 0 aliphatic carbocycles. The molecule has 1 aromatic carbocycles. The van der Waals surface area contributed by atoms with Crippen LogP contribution in [0.5, 0.6) is 0 Å². The van der Waals surface area contributed by atoms with Crippen LogP contribution in [0.3, 0.4) is 0 Å². The number of carbonyl (C=O) groups excluding carboxylic acids is 1. The van der Waals surface area contributed by atoms with E-state index < -0.39 is 0 Å². The number of amides is 1. The van der Waals surface area contributed by atoms with Crippen molar-refractivity contribution in [2.24, 2.45) is 11.7 Å². The van der Waals surface area contributed by atoms with E-state index in [-0.39, 0.29) is 36.9 Å². The fraction of sp³-hybridized carbons (Fsp3) is 0.375. The average Bonchev–Trinajstić information content (AvgIpc) is 3.18. The molecule has 6 nitrogen and oxygen atoms in total. The molecule has 0 bridgehead atoms. The molecule has 1 amide bonds. The summed E-state index contributed by atoms with van der Waals surface area (Å²) in [5.41, 5.74) is 7.60. The van der Waals surface area contributed by atoms with Crippen molar-refractivity contribution in [3.8, 4) is 5.69 Å². The van der Waals surface area contributed by atoms with Crippen molar-refractivity contribution >= 4 is 18.3 Å². The van der Waals surface area contributed by atoms with Crippen molar-refractivity contribution in [1.29, 1.82) is 0 Å². The third-order valence-electron chi connectivity index (χ3n) is 4.16. The number of nitrogens with zero attached hydrogens (tertiary/aromatic N) is 3. The first-order valence-corrected chi connectivity index (χ1v) is 7.45. The summed E-state index contributed by atoms with van der Waals surface area (Å²) in [5, 5.41) is 13.2. The molecule has 1 aliphatic heterocycles. The Bertz CT molecular complexity index is 630. The molecule has 2 heterocycles. The van der Waals surface area contributed by atoms with Gasteiger partial charge in [0.05, 0.1) is 5.69 Å². The first-order chi connectivity index (χ1) is 10.7. The molecule has 0 saturated carbocycles. The SMILES string of the molecule is Cl.N[C@H]1CN(C(=O)c2ccc(-n3cccn3)cc2)C[C@@H]1CCO. The third-order valence-corrected chi connectivity index (χ3v) is 4.16. The maximum atomic E-state index is 12.5. The summed E-state index contributed by atoms with van der Waals surface area (Å²) in [6.45, 7) is 1.27. The molecule has 1 saturated heterocycles. The predicted molar refractivity (Wildman–Crippen MR) is 89.9 cm³/mol. The van der Waals surface area contributed by atoms with Gasteiger partial charge >= 0.3 is 0 Å². The molecule has 3 rings (SSSR count). The molecule has 0 unspecified atom stereocenters. The highest BCUT2D eigenvalue weighted by atomic mass is 35.5. The van der Waals surface area contributed by atoms with Crippen LogP contribution in [0.1, 0.15) is 16.8 Å². The van der Waals surface area contributed by atoms with Gasteiger partial charge in [-0.2, -0.15) is 5.10 Å². The van der Waals surface area contributed by atoms with E-state index in [2.05, 4.69) is 5.10 Å². The second-order valence-corrected chi connectivity index (χ2v) is 5.64. The van der Waals surface area contributed by atoms with Crippen LogP contribution in [0, 0.1) is 5.92 Å². The van der Waals surface area contributed by atoms with E-state index in [1.165, 1.54) is 0 Å². The number of benzene rings is 1. The summed E-state index contributed by atoms with van der Waals surface area (Å²) in [4.78, 5) is 14.3. The average molecular weight is 337 g/mol. The second kappa shape index (κ2) is 7.59. The first kappa shape index (κ1) is 17.5. The number of hydrogen-bond acceptors (Lipinski definition) is 4. The topological polar surface area (TPSA) is 84.4 Å². The van der Waals surface area contributed by atoms with Gasteiger partial charge in [0.25, 0.3) is 5.91 Å². The van der Waals surface area contributed by atoms with Gasteiger partial charge in [0.15, 0.2) is 0 Å². The number of aliphatic hydroxyl groups excluding tert-OH is 1. The molecule has 23 heavy (non-hydrogen) atoms. The zero-order valence-corrected chi connectivity index (χ0v) is 13.5. The lowest BCUT2D eigenvalue weighted by Gasteiger charge is -2.16. The Kier molecular flexibility index (Phi) is 5.76. The normalized spacial score (nSPS) is 20.3. The van der Waals surface area contributed by atoms with E-state index in [1.54, 1.807) is 15.8 Å². The summed E-state index contributed by atoms with van der Waals surface area (Å²) < 4.78 is 1.75. The van der Waals surface area contributed by atoms with E-state index >= 15 is 0 Å². The minimum atomic E-state index is -0.0561. The van der Waals surface area contributed by atoms with Crippen molar-refractivity contribution < 1.29 is 9.90 Å². The fourth-order valence-electron chi connectivity index (χ4n) is 2.89. The van der Waals surface area contributed by atoms with E-state index in [1.807, 2.05) is 36.5 Å². The number of halogens is 1. The quantitative estimate of drug-likeness (QED) is 0.875. The van der Waals surface area contributed by atoms with Crippen molar-refractivity contribution in [2.45, 2.75) is 12.5 Å². The van der Waals surface area contributed by atoms with E-state index in [0.717, 1.165) is 5.69 Å². The smallest absolute Gasteiger partial charge is 0.253 e. The summed E-state index contributed by atoms with van der Waals surface area (Å²) in [6.07, 6.45) is 4.21. The Labute approximate surface area is 141 Å². The molecule has 1 fully saturated rings. The number of nitrogens with two attached hydrogens (primary N) is 1. The zero-order chi connectivity index (χ0) is 15.5. The molecule has 2 aromatic rings. The highest BCUT2D eigenvalue weighted by Gasteiger charge is 2.32. The van der Waals surface area contributed by atoms with Gasteiger partial charge < -0.3 is 15.7 Å². The number of rotatable bonds is 4. The van der Waals surface area contributed by atoms with Gasteiger partial charge in [-0.1, -0.05) is 0 Å². The Morgan fingerprint density at radius 3 is 2.65 bits per heavy atom. The van der Waals surface area contributed by atoms with Gasteiger partial charge in [0.1, 0.15) is 0 Å². The maximum absolute atomic E-state index is 12.5. The number of hydrogen-bond donors (Lipinski definition) is 2. The molecule has 1 aromatic heterocycles. The van der Waals surface area contributed by atoms with Crippen LogP contribution in [0.4, 0.5) is 0 Å². The van der Waals surface area contributed by atoms with Crippen LogP contribution in [-0.2, 0) is 0 Å². The minimum Gasteiger partial charge on any atom is -0.396 e. The Balaban J connectivity index is 0.00000192. The number of aliphatic hydroxyl groups is 1. The fourth-order valence-corrected chi connectivity index (χ4v) is 2.89. The van der Waals surface area contributed by atoms with Crippen molar-refractivity contribution in [1.82, 2.24) is 14.7 Å². The monoisotopic (exact) mass is 336 g/mol. The van der Waals surface area contributed by atoms with Gasteiger partial charge in [0.2, 0.25) is 0 Å². The van der Waals surface area contributed by atoms with Crippen LogP contribution >= 0.6 is 12.4 Å². The Morgan fingerprint density at radius 2 is 2.04 bits per heavy atom. The number of likely N-dealkylation sites (tertiary alicyclic amines) is 1. The second-order valence-electron chi connectivity index (χ2n) is 5.64. The van der Waals surface area contributed by atoms with Crippen LogP contribution in [0.15, 0.2) is 42.7 Å². The lowest BCUT2D eigenvalue weighted by Crippen LogP contribution is -2.32. The van der Waals surface area contributed by atoms with Crippen molar-refractivity contribution in [3.63, 3.8) is 0 Å². The highest BCUT2D eigenvalue weighted by Crippen LogP contribution is 2.21. The molecular formula is C16H21ClN4O2. The molecule has 3 N–H and O–H groups in total. The van der Waals surface area contributed by atoms with Gasteiger partial charge in [-0.25, -0.2) is 4.68 Å². The maximum Gasteiger partial charge on any atom is 0.253 e. The molecule has 1 aliphatic rings. The Morgan fingerprint density at radius 1 is 1.30 bits per heavy atom. The molecule has 124 valence electrons. The molecule has 2 atom stereocenters. The van der Waals surface area contributed by atoms with Crippen LogP contribution in [-0.4, -0.2) is 51.4 Å².